The number of hydrogen-bond donors (Lipinski definition) is 14. The van der Waals surface area contributed by atoms with Crippen molar-refractivity contribution in [3.8, 4) is 0 Å². The Balaban J connectivity index is 0.000000229. The zero-order valence-corrected chi connectivity index (χ0v) is 38.6. The molecule has 2 aromatic heterocycles. The van der Waals surface area contributed by atoms with E-state index in [0.29, 0.717) is 24.5 Å². The number of hydrogen-bond acceptors (Lipinski definition) is 26. The van der Waals surface area contributed by atoms with Gasteiger partial charge in [0.15, 0.2) is 25.2 Å². The van der Waals surface area contributed by atoms with Crippen LogP contribution in [0.25, 0.3) is 0 Å². The zero-order valence-electron chi connectivity index (χ0n) is 37.5. The summed E-state index contributed by atoms with van der Waals surface area (Å²) in [5.41, 5.74) is 2.99. The maximum Gasteiger partial charge on any atom is 2.00 e. The first-order valence-corrected chi connectivity index (χ1v) is 22.2. The van der Waals surface area contributed by atoms with E-state index in [2.05, 4.69) is 20.6 Å². The van der Waals surface area contributed by atoms with Crippen LogP contribution < -0.4 is 0 Å². The molecular formula is C42H60FeN6O22. The average Bonchev–Trinajstić information content (AvgIpc) is 4.23. The molecule has 0 radical (unpaired) electrons. The topological polar surface area (TPSA) is 418 Å². The molecule has 6 heterocycles. The molecule has 2 aromatic carbocycles. The summed E-state index contributed by atoms with van der Waals surface area (Å²) in [6, 6.07) is 15.4. The predicted molar refractivity (Wildman–Crippen MR) is 225 cm³/mol. The number of nitrogens with zero attached hydrogens (tertiary/aromatic N) is 6. The minimum Gasteiger partial charge on any atom is -0.394 e. The Morgan fingerprint density at radius 3 is 1.35 bits per heavy atom. The Bertz CT molecular complexity index is 1970. The normalized spacial score (nSPS) is 37.5. The van der Waals surface area contributed by atoms with Crippen LogP contribution in [0, 0.1) is 0 Å². The molecule has 8 rings (SSSR count). The van der Waals surface area contributed by atoms with Crippen LogP contribution in [0.4, 0.5) is 0 Å². The monoisotopic (exact) mass is 1060 g/mol. The summed E-state index contributed by atoms with van der Waals surface area (Å²) in [5.74, 6) is 0. The van der Waals surface area contributed by atoms with Gasteiger partial charge in [0.05, 0.1) is 45.8 Å². The third-order valence-corrected chi connectivity index (χ3v) is 12.0. The van der Waals surface area contributed by atoms with E-state index in [1.807, 2.05) is 48.5 Å². The molecule has 14 N–H and O–H groups in total. The number of ether oxygens (including phenoxy) is 8. The van der Waals surface area contributed by atoms with Gasteiger partial charge in [0.2, 0.25) is 0 Å². The number of aliphatic hydroxyl groups excluding tert-OH is 14. The molecular weight excluding hydrogens is 996 g/mol. The molecule has 0 amide bonds. The summed E-state index contributed by atoms with van der Waals surface area (Å²) in [6.45, 7) is -1.82. The molecule has 4 saturated heterocycles. The smallest absolute Gasteiger partial charge is 0.394 e. The van der Waals surface area contributed by atoms with Crippen molar-refractivity contribution >= 4 is 0 Å². The Morgan fingerprint density at radius 1 is 0.507 bits per heavy atom. The van der Waals surface area contributed by atoms with E-state index in [-0.39, 0.29) is 30.3 Å². The van der Waals surface area contributed by atoms with Crippen LogP contribution in [0.5, 0.6) is 0 Å². The van der Waals surface area contributed by atoms with Gasteiger partial charge in [-0.05, 0) is 0 Å². The molecule has 0 unspecified atom stereocenters. The quantitative estimate of drug-likeness (QED) is 0.0325. The van der Waals surface area contributed by atoms with Crippen molar-refractivity contribution in [3.05, 3.63) is 83.4 Å². The van der Waals surface area contributed by atoms with Crippen LogP contribution in [0.1, 0.15) is 22.5 Å². The van der Waals surface area contributed by atoms with Crippen LogP contribution in [0.2, 0.25) is 0 Å². The van der Waals surface area contributed by atoms with Gasteiger partial charge in [-0.2, -0.15) is 35.9 Å². The first-order chi connectivity index (χ1) is 33.6. The molecule has 71 heavy (non-hydrogen) atoms. The van der Waals surface area contributed by atoms with Crippen molar-refractivity contribution in [1.29, 1.82) is 0 Å². The maximum atomic E-state index is 10.6. The van der Waals surface area contributed by atoms with Gasteiger partial charge in [-0.1, -0.05) is 10.4 Å². The van der Waals surface area contributed by atoms with Crippen molar-refractivity contribution in [2.24, 2.45) is 0 Å². The summed E-state index contributed by atoms with van der Waals surface area (Å²) in [6.07, 6.45) is -26.8. The molecule has 398 valence electrons. The standard InChI is InChI=1S/2C21H30N3O11.Fe/c2*25-7-12-14(27)15(28)17(30)21(33-12)35-19-13(8-26)34-20(18(31)16(19)29)32-9-11-6-24(23-22-11)5-10-3-1-2-4-10;/h2*1-4,6,12-21,25-31H,5,7-9H2;/q2*-1;+2/t2*12-,13-,14+,15+,16-,17-,18-,19-,20-,21+;/m10./s1. The number of aliphatic hydroxyl groups is 14. The van der Waals surface area contributed by atoms with Crippen LogP contribution in [0.3, 0.4) is 0 Å². The molecule has 4 fully saturated rings. The molecule has 0 spiro atoms. The van der Waals surface area contributed by atoms with E-state index in [1.165, 1.54) is 0 Å². The van der Waals surface area contributed by atoms with Crippen LogP contribution in [-0.4, -0.2) is 251 Å². The maximum absolute atomic E-state index is 10.6. The van der Waals surface area contributed by atoms with Gasteiger partial charge in [0.25, 0.3) is 0 Å². The van der Waals surface area contributed by atoms with Crippen molar-refractivity contribution in [1.82, 2.24) is 30.0 Å². The molecule has 0 saturated carbocycles. The second-order valence-electron chi connectivity index (χ2n) is 17.0. The summed E-state index contributed by atoms with van der Waals surface area (Å²) in [5, 5.41) is 157. The van der Waals surface area contributed by atoms with Crippen molar-refractivity contribution in [2.45, 2.75) is 149 Å². The van der Waals surface area contributed by atoms with Gasteiger partial charge in [-0.25, -0.2) is 22.9 Å². The van der Waals surface area contributed by atoms with Crippen molar-refractivity contribution in [2.75, 3.05) is 26.4 Å². The Morgan fingerprint density at radius 2 is 0.944 bits per heavy atom. The van der Waals surface area contributed by atoms with E-state index in [0.717, 1.165) is 11.1 Å². The van der Waals surface area contributed by atoms with E-state index in [1.54, 1.807) is 21.8 Å². The van der Waals surface area contributed by atoms with Gasteiger partial charge >= 0.3 is 17.1 Å². The largest absolute Gasteiger partial charge is 2.00 e. The minimum absolute atomic E-state index is 0. The third kappa shape index (κ3) is 13.7. The molecule has 4 aliphatic rings. The second-order valence-corrected chi connectivity index (χ2v) is 17.0. The van der Waals surface area contributed by atoms with E-state index >= 15 is 0 Å². The fourth-order valence-electron chi connectivity index (χ4n) is 8.10. The number of rotatable bonds is 18. The SMILES string of the molecule is OC[C@@H]1O[C@H](O[C@@H]2[C@@H](O)[C@H](O)[C@@H](OCc3cn(Cc4ccc[cH-]4)nn3)O[C@H]2CO)[C@@H](O)[C@H](O)[C@@H]1O.OC[C@H]1O[C@@H](O[C@H]2[C@H](O)[C@@H](O)[C@H](OCc3cn(Cc4cc[cH-]c4)nn3)O[C@@H]2CO)[C@H](O)[C@@H](O)[C@H]1O.[Fe+2]. The Labute approximate surface area is 414 Å². The molecule has 20 atom stereocenters. The third-order valence-electron chi connectivity index (χ3n) is 12.0. The van der Waals surface area contributed by atoms with Crippen LogP contribution >= 0.6 is 0 Å². The van der Waals surface area contributed by atoms with Crippen molar-refractivity contribution in [3.63, 3.8) is 0 Å². The summed E-state index contributed by atoms with van der Waals surface area (Å²) >= 11 is 0. The fourth-order valence-corrected chi connectivity index (χ4v) is 8.10. The summed E-state index contributed by atoms with van der Waals surface area (Å²) < 4.78 is 47.0. The van der Waals surface area contributed by atoms with E-state index < -0.39 is 149 Å². The minimum atomic E-state index is -1.73. The molecule has 4 aromatic rings. The number of aromatic nitrogens is 6. The molecule has 0 aliphatic carbocycles. The molecule has 0 bridgehead atoms. The first-order valence-electron chi connectivity index (χ1n) is 22.2. The van der Waals surface area contributed by atoms with Gasteiger partial charge in [0.1, 0.15) is 109 Å². The second kappa shape index (κ2) is 26.2. The van der Waals surface area contributed by atoms with Gasteiger partial charge < -0.3 is 109 Å². The predicted octanol–water partition coefficient (Wildman–Crippen LogP) is -7.63. The van der Waals surface area contributed by atoms with Crippen LogP contribution in [0.15, 0.2) is 60.9 Å². The first kappa shape index (κ1) is 56.9. The van der Waals surface area contributed by atoms with Gasteiger partial charge in [-0.15, -0.1) is 15.8 Å². The van der Waals surface area contributed by atoms with E-state index in [9.17, 15) is 71.5 Å². The molecule has 28 nitrogen and oxygen atoms in total. The molecule has 4 aliphatic heterocycles. The van der Waals surface area contributed by atoms with Crippen molar-refractivity contribution < 1.29 is 126 Å². The average molecular weight is 1060 g/mol. The van der Waals surface area contributed by atoms with Gasteiger partial charge in [-0.3, -0.25) is 4.68 Å². The van der Waals surface area contributed by atoms with Crippen LogP contribution in [-0.2, 0) is 81.3 Å². The summed E-state index contributed by atoms with van der Waals surface area (Å²) in [7, 11) is 0. The Kier molecular flexibility index (Phi) is 21.0. The van der Waals surface area contributed by atoms with Gasteiger partial charge in [0, 0.05) is 19.3 Å². The zero-order chi connectivity index (χ0) is 50.2. The fraction of sp³-hybridized carbons (Fsp3) is 0.667. The molecule has 29 heteroatoms. The summed E-state index contributed by atoms with van der Waals surface area (Å²) in [4.78, 5) is 0. The Hall–Kier alpha value is -3.38. The van der Waals surface area contributed by atoms with E-state index in [4.69, 9.17) is 37.9 Å².